The number of aromatic nitrogens is 3. The molecule has 0 unspecified atom stereocenters. The number of hydrogen-bond donors (Lipinski definition) is 2. The van der Waals surface area contributed by atoms with E-state index in [4.69, 9.17) is 0 Å². The predicted octanol–water partition coefficient (Wildman–Crippen LogP) is 4.17. The van der Waals surface area contributed by atoms with Gasteiger partial charge in [-0.05, 0) is 25.0 Å². The largest absolute Gasteiger partial charge is 0.366 e. The van der Waals surface area contributed by atoms with Gasteiger partial charge in [0.2, 0.25) is 5.95 Å². The van der Waals surface area contributed by atoms with Crippen LogP contribution in [0.1, 0.15) is 38.5 Å². The van der Waals surface area contributed by atoms with Crippen LogP contribution in [0.5, 0.6) is 0 Å². The fourth-order valence-corrected chi connectivity index (χ4v) is 2.80. The van der Waals surface area contributed by atoms with Crippen LogP contribution in [0.15, 0.2) is 18.3 Å². The van der Waals surface area contributed by atoms with Crippen LogP contribution in [0.2, 0.25) is 0 Å². The van der Waals surface area contributed by atoms with Crippen LogP contribution in [0, 0.1) is 17.5 Å². The van der Waals surface area contributed by atoms with E-state index >= 15 is 0 Å². The molecule has 24 heavy (non-hydrogen) atoms. The molecule has 0 atom stereocenters. The Morgan fingerprint density at radius 1 is 0.958 bits per heavy atom. The summed E-state index contributed by atoms with van der Waals surface area (Å²) in [6.07, 6.45) is 8.42. The average molecular weight is 337 g/mol. The number of rotatable bonds is 4. The summed E-state index contributed by atoms with van der Waals surface area (Å²) in [5.41, 5.74) is -0.248. The molecular formula is C16H18F3N5. The molecule has 3 rings (SSSR count). The standard InChI is InChI=1S/C16H18F3N5/c17-11-7-8-12(15(19)14(11)18)22-16-23-13(9-20-24-16)21-10-5-3-1-2-4-6-10/h7-10H,1-6H2,(H2,21,22,23,24). The average Bonchev–Trinajstić information content (AvgIpc) is 2.84. The minimum atomic E-state index is -1.54. The predicted molar refractivity (Wildman–Crippen MR) is 84.5 cm³/mol. The summed E-state index contributed by atoms with van der Waals surface area (Å²) in [7, 11) is 0. The van der Waals surface area contributed by atoms with Crippen molar-refractivity contribution in [3.05, 3.63) is 35.8 Å². The van der Waals surface area contributed by atoms with Crippen molar-refractivity contribution < 1.29 is 13.2 Å². The van der Waals surface area contributed by atoms with E-state index < -0.39 is 17.5 Å². The van der Waals surface area contributed by atoms with Gasteiger partial charge < -0.3 is 10.6 Å². The molecule has 0 amide bonds. The van der Waals surface area contributed by atoms with Crippen molar-refractivity contribution in [3.63, 3.8) is 0 Å². The van der Waals surface area contributed by atoms with E-state index in [1.165, 1.54) is 31.9 Å². The molecule has 5 nitrogen and oxygen atoms in total. The van der Waals surface area contributed by atoms with E-state index in [-0.39, 0.29) is 11.6 Å². The minimum Gasteiger partial charge on any atom is -0.366 e. The fourth-order valence-electron chi connectivity index (χ4n) is 2.80. The first-order chi connectivity index (χ1) is 11.6. The SMILES string of the molecule is Fc1ccc(Nc2nncc(NC3CCCCCC3)n2)c(F)c1F. The van der Waals surface area contributed by atoms with Crippen molar-refractivity contribution in [2.75, 3.05) is 10.6 Å². The van der Waals surface area contributed by atoms with E-state index in [0.29, 0.717) is 11.9 Å². The van der Waals surface area contributed by atoms with Gasteiger partial charge in [-0.3, -0.25) is 0 Å². The number of benzene rings is 1. The summed E-state index contributed by atoms with van der Waals surface area (Å²) >= 11 is 0. The first-order valence-electron chi connectivity index (χ1n) is 8.00. The highest BCUT2D eigenvalue weighted by atomic mass is 19.2. The Balaban J connectivity index is 1.72. The topological polar surface area (TPSA) is 62.7 Å². The van der Waals surface area contributed by atoms with E-state index in [9.17, 15) is 13.2 Å². The zero-order valence-corrected chi connectivity index (χ0v) is 13.0. The molecule has 128 valence electrons. The van der Waals surface area contributed by atoms with Crippen molar-refractivity contribution in [2.24, 2.45) is 0 Å². The monoisotopic (exact) mass is 337 g/mol. The number of halogens is 3. The van der Waals surface area contributed by atoms with Crippen LogP contribution in [-0.2, 0) is 0 Å². The molecule has 0 radical (unpaired) electrons. The van der Waals surface area contributed by atoms with Gasteiger partial charge in [0.1, 0.15) is 0 Å². The van der Waals surface area contributed by atoms with Crippen LogP contribution < -0.4 is 10.6 Å². The Hall–Kier alpha value is -2.38. The highest BCUT2D eigenvalue weighted by Gasteiger charge is 2.16. The first kappa shape index (κ1) is 16.5. The van der Waals surface area contributed by atoms with Crippen LogP contribution in [0.25, 0.3) is 0 Å². The van der Waals surface area contributed by atoms with Gasteiger partial charge in [-0.2, -0.15) is 10.1 Å². The van der Waals surface area contributed by atoms with Gasteiger partial charge in [-0.15, -0.1) is 5.10 Å². The van der Waals surface area contributed by atoms with E-state index in [1.807, 2.05) is 0 Å². The molecule has 0 aliphatic heterocycles. The van der Waals surface area contributed by atoms with Crippen molar-refractivity contribution >= 4 is 17.5 Å². The second-order valence-electron chi connectivity index (χ2n) is 5.85. The van der Waals surface area contributed by atoms with E-state index in [1.54, 1.807) is 0 Å². The molecule has 0 spiro atoms. The third-order valence-corrected chi connectivity index (χ3v) is 4.05. The van der Waals surface area contributed by atoms with Crippen LogP contribution >= 0.6 is 0 Å². The lowest BCUT2D eigenvalue weighted by molar-refractivity contribution is 0.449. The Morgan fingerprint density at radius 2 is 1.71 bits per heavy atom. The van der Waals surface area contributed by atoms with Crippen molar-refractivity contribution in [3.8, 4) is 0 Å². The molecule has 1 aromatic heterocycles. The molecule has 0 saturated heterocycles. The first-order valence-corrected chi connectivity index (χ1v) is 8.00. The van der Waals surface area contributed by atoms with Crippen molar-refractivity contribution in [1.82, 2.24) is 15.2 Å². The lowest BCUT2D eigenvalue weighted by Gasteiger charge is -2.16. The Labute approximate surface area is 137 Å². The summed E-state index contributed by atoms with van der Waals surface area (Å²) in [5.74, 6) is -3.58. The molecule has 1 heterocycles. The number of anilines is 3. The maximum absolute atomic E-state index is 13.7. The van der Waals surface area contributed by atoms with Gasteiger partial charge >= 0.3 is 0 Å². The van der Waals surface area contributed by atoms with Crippen LogP contribution in [0.3, 0.4) is 0 Å². The van der Waals surface area contributed by atoms with Gasteiger partial charge in [0, 0.05) is 6.04 Å². The van der Waals surface area contributed by atoms with E-state index in [2.05, 4.69) is 25.8 Å². The van der Waals surface area contributed by atoms with Gasteiger partial charge in [-0.25, -0.2) is 13.2 Å². The van der Waals surface area contributed by atoms with Crippen molar-refractivity contribution in [2.45, 2.75) is 44.6 Å². The van der Waals surface area contributed by atoms with Gasteiger partial charge in [0.05, 0.1) is 11.9 Å². The molecule has 1 aliphatic rings. The Morgan fingerprint density at radius 3 is 2.46 bits per heavy atom. The number of nitrogens with zero attached hydrogens (tertiary/aromatic N) is 3. The molecule has 1 aromatic carbocycles. The highest BCUT2D eigenvalue weighted by molar-refractivity contribution is 5.55. The molecule has 2 aromatic rings. The lowest BCUT2D eigenvalue weighted by Crippen LogP contribution is -2.19. The maximum Gasteiger partial charge on any atom is 0.249 e. The summed E-state index contributed by atoms with van der Waals surface area (Å²) < 4.78 is 39.9. The summed E-state index contributed by atoms with van der Waals surface area (Å²) in [4.78, 5) is 4.21. The normalized spacial score (nSPS) is 15.8. The summed E-state index contributed by atoms with van der Waals surface area (Å²) in [5, 5.41) is 13.4. The fraction of sp³-hybridized carbons (Fsp3) is 0.438. The Bertz CT molecular complexity index is 702. The third kappa shape index (κ3) is 3.93. The summed E-state index contributed by atoms with van der Waals surface area (Å²) in [6.45, 7) is 0. The molecule has 1 saturated carbocycles. The molecule has 1 fully saturated rings. The zero-order chi connectivity index (χ0) is 16.9. The second-order valence-corrected chi connectivity index (χ2v) is 5.85. The molecule has 2 N–H and O–H groups in total. The second kappa shape index (κ2) is 7.46. The van der Waals surface area contributed by atoms with Crippen LogP contribution in [-0.4, -0.2) is 21.2 Å². The summed E-state index contributed by atoms with van der Waals surface area (Å²) in [6, 6.07) is 2.24. The number of hydrogen-bond acceptors (Lipinski definition) is 5. The van der Waals surface area contributed by atoms with Crippen LogP contribution in [0.4, 0.5) is 30.6 Å². The van der Waals surface area contributed by atoms with Gasteiger partial charge in [-0.1, -0.05) is 25.7 Å². The van der Waals surface area contributed by atoms with Gasteiger partial charge in [0.25, 0.3) is 0 Å². The highest BCUT2D eigenvalue weighted by Crippen LogP contribution is 2.23. The third-order valence-electron chi connectivity index (χ3n) is 4.05. The quantitative estimate of drug-likeness (QED) is 0.648. The number of nitrogens with one attached hydrogen (secondary N) is 2. The smallest absolute Gasteiger partial charge is 0.249 e. The Kier molecular flexibility index (Phi) is 5.12. The van der Waals surface area contributed by atoms with Crippen molar-refractivity contribution in [1.29, 1.82) is 0 Å². The molecule has 1 aliphatic carbocycles. The maximum atomic E-state index is 13.7. The zero-order valence-electron chi connectivity index (χ0n) is 13.0. The van der Waals surface area contributed by atoms with Gasteiger partial charge in [0.15, 0.2) is 23.3 Å². The lowest BCUT2D eigenvalue weighted by atomic mass is 10.1. The minimum absolute atomic E-state index is 0.0125. The molecule has 8 heteroatoms. The molecular weight excluding hydrogens is 319 g/mol. The molecule has 0 bridgehead atoms. The van der Waals surface area contributed by atoms with E-state index in [0.717, 1.165) is 25.0 Å².